The lowest BCUT2D eigenvalue weighted by Crippen LogP contribution is -2.50. The zero-order valence-electron chi connectivity index (χ0n) is 50.4. The number of hydrogen-bond donors (Lipinski definition) is 2. The summed E-state index contributed by atoms with van der Waals surface area (Å²) >= 11 is 0. The first-order valence-electron chi connectivity index (χ1n) is 26.2. The molecule has 16 amide bonds. The van der Waals surface area contributed by atoms with Crippen molar-refractivity contribution in [2.75, 3.05) is 175 Å². The van der Waals surface area contributed by atoms with Crippen LogP contribution in [-0.4, -0.2) is 329 Å². The van der Waals surface area contributed by atoms with Gasteiger partial charge in [0.2, 0.25) is 82.7 Å². The smallest absolute Gasteiger partial charge is 0.258 e. The maximum atomic E-state index is 13.1. The number of anilines is 1. The Morgan fingerprint density at radius 3 is 0.919 bits per heavy atom. The molecule has 1 unspecified atom stereocenters. The maximum absolute atomic E-state index is 13.1. The molecule has 1 heterocycles. The van der Waals surface area contributed by atoms with Gasteiger partial charge in [-0.1, -0.05) is 17.2 Å². The average Bonchev–Trinajstić information content (AvgIpc) is 3.90. The standard InChI is InChI=1S/C52H76N18O16/c1-58(22-37(71)56-36(52(53)86)19-20-55-57-54)41(75)24-60(3)43(77)26-62(5)45(79)28-64(7)47(81)30-66(9)49(83)32-68(11)51(85)33-69(12)50(84)31-67(10)48(82)29-65(8)46(80)27-63(6)44(78)25-61(4)42(76)23-59(2)40(74)21-34-13-15-35(16-14-34)70-38(72)17-18-39(70)73/h13-18,36H,19-33H2,1-12H3,(H2,53,86)(H,56,71). The summed E-state index contributed by atoms with van der Waals surface area (Å²) in [5, 5.41) is 5.62. The van der Waals surface area contributed by atoms with Gasteiger partial charge >= 0.3 is 0 Å². The number of imide groups is 1. The lowest BCUT2D eigenvalue weighted by atomic mass is 10.1. The molecule has 34 heteroatoms. The Bertz CT molecular complexity index is 2840. The summed E-state index contributed by atoms with van der Waals surface area (Å²) in [6.07, 6.45) is 2.14. The number of azide groups is 1. The van der Waals surface area contributed by atoms with Crippen molar-refractivity contribution in [3.63, 3.8) is 0 Å². The first-order chi connectivity index (χ1) is 40.1. The molecule has 1 aromatic rings. The third-order valence-corrected chi connectivity index (χ3v) is 13.2. The van der Waals surface area contributed by atoms with Crippen LogP contribution >= 0.6 is 0 Å². The van der Waals surface area contributed by atoms with E-state index in [1.165, 1.54) is 102 Å². The number of carbonyl (C=O) groups excluding carboxylic acids is 16. The van der Waals surface area contributed by atoms with E-state index in [1.807, 2.05) is 0 Å². The number of benzene rings is 1. The third kappa shape index (κ3) is 23.3. The number of likely N-dealkylation sites (N-methyl/N-ethyl adjacent to an activating group) is 12. The molecule has 0 spiro atoms. The molecular formula is C52H76N18O16. The second kappa shape index (κ2) is 33.9. The summed E-state index contributed by atoms with van der Waals surface area (Å²) in [6, 6.07) is 5.04. The van der Waals surface area contributed by atoms with Gasteiger partial charge in [0.1, 0.15) is 6.04 Å². The van der Waals surface area contributed by atoms with Crippen molar-refractivity contribution in [2.24, 2.45) is 10.8 Å². The molecule has 2 rings (SSSR count). The molecule has 0 aliphatic carbocycles. The molecule has 1 aromatic carbocycles. The van der Waals surface area contributed by atoms with Gasteiger partial charge in [-0.3, -0.25) is 76.7 Å². The van der Waals surface area contributed by atoms with E-state index < -0.39 is 173 Å². The van der Waals surface area contributed by atoms with E-state index in [2.05, 4.69) is 15.3 Å². The first-order valence-corrected chi connectivity index (χ1v) is 26.2. The van der Waals surface area contributed by atoms with Gasteiger partial charge < -0.3 is 69.8 Å². The first kappa shape index (κ1) is 72.1. The minimum absolute atomic E-state index is 0.0657. The van der Waals surface area contributed by atoms with Crippen LogP contribution in [-0.2, 0) is 83.1 Å². The molecule has 86 heavy (non-hydrogen) atoms. The van der Waals surface area contributed by atoms with Crippen molar-refractivity contribution in [3.8, 4) is 0 Å². The second-order valence-electron chi connectivity index (χ2n) is 20.5. The van der Waals surface area contributed by atoms with Crippen LogP contribution in [0.4, 0.5) is 5.69 Å². The van der Waals surface area contributed by atoms with Gasteiger partial charge in [0.25, 0.3) is 11.8 Å². The summed E-state index contributed by atoms with van der Waals surface area (Å²) in [6.45, 7) is -5.99. The second-order valence-corrected chi connectivity index (χ2v) is 20.5. The zero-order chi connectivity index (χ0) is 65.4. The van der Waals surface area contributed by atoms with Crippen LogP contribution in [0.15, 0.2) is 41.5 Å². The number of amides is 16. The molecule has 0 bridgehead atoms. The van der Waals surface area contributed by atoms with Crippen LogP contribution in [0.25, 0.3) is 10.4 Å². The van der Waals surface area contributed by atoms with E-state index in [1.54, 1.807) is 12.1 Å². The van der Waals surface area contributed by atoms with E-state index in [9.17, 15) is 76.7 Å². The molecule has 0 aromatic heterocycles. The van der Waals surface area contributed by atoms with Crippen LogP contribution < -0.4 is 16.0 Å². The Morgan fingerprint density at radius 1 is 0.430 bits per heavy atom. The van der Waals surface area contributed by atoms with Crippen molar-refractivity contribution in [1.82, 2.24) is 64.1 Å². The molecule has 0 radical (unpaired) electrons. The maximum Gasteiger partial charge on any atom is 0.258 e. The fraction of sp³-hybridized carbons (Fsp3) is 0.538. The van der Waals surface area contributed by atoms with E-state index in [4.69, 9.17) is 11.3 Å². The van der Waals surface area contributed by atoms with Gasteiger partial charge in [0.15, 0.2) is 0 Å². The zero-order valence-corrected chi connectivity index (χ0v) is 50.4. The molecule has 34 nitrogen and oxygen atoms in total. The van der Waals surface area contributed by atoms with Gasteiger partial charge in [0.05, 0.1) is 90.6 Å². The Balaban J connectivity index is 1.75. The normalized spacial score (nSPS) is 11.7. The van der Waals surface area contributed by atoms with Crippen molar-refractivity contribution in [2.45, 2.75) is 18.9 Å². The number of nitrogens with two attached hydrogens (primary N) is 1. The Hall–Kier alpha value is -10.0. The van der Waals surface area contributed by atoms with E-state index in [-0.39, 0.29) is 25.9 Å². The molecular weight excluding hydrogens is 1130 g/mol. The Kier molecular flexibility index (Phi) is 28.4. The quantitative estimate of drug-likeness (QED) is 0.0293. The Labute approximate surface area is 496 Å². The highest BCUT2D eigenvalue weighted by Crippen LogP contribution is 2.20. The SMILES string of the molecule is CN(CC(=O)NC(CCN=[N+]=[N-])C(N)=O)C(=O)CN(C)C(=O)CN(C)C(=O)CN(C)C(=O)CN(C)C(=O)CN(C)C(=O)CN(C)C(=O)CN(C)C(=O)CN(C)C(=O)CN(C)C(=O)CN(C)C(=O)CN(C)C(=O)Cc1ccc(N2C(=O)C=CC2=O)cc1. The molecule has 1 aliphatic rings. The van der Waals surface area contributed by atoms with Gasteiger partial charge in [-0.05, 0) is 29.6 Å². The van der Waals surface area contributed by atoms with Crippen molar-refractivity contribution in [1.29, 1.82) is 0 Å². The van der Waals surface area contributed by atoms with Crippen molar-refractivity contribution < 1.29 is 76.7 Å². The molecule has 0 saturated carbocycles. The minimum atomic E-state index is -1.15. The highest BCUT2D eigenvalue weighted by Gasteiger charge is 2.29. The average molecular weight is 1210 g/mol. The summed E-state index contributed by atoms with van der Waals surface area (Å²) in [5.41, 5.74) is 14.6. The van der Waals surface area contributed by atoms with E-state index in [0.717, 1.165) is 71.0 Å². The summed E-state index contributed by atoms with van der Waals surface area (Å²) in [7, 11) is 15.7. The third-order valence-electron chi connectivity index (χ3n) is 13.2. The van der Waals surface area contributed by atoms with Crippen LogP contribution in [0.3, 0.4) is 0 Å². The topological polar surface area (TPSA) is 402 Å². The lowest BCUT2D eigenvalue weighted by Gasteiger charge is -2.27. The molecule has 0 fully saturated rings. The molecule has 1 aliphatic heterocycles. The highest BCUT2D eigenvalue weighted by molar-refractivity contribution is 6.28. The minimum Gasteiger partial charge on any atom is -0.368 e. The van der Waals surface area contributed by atoms with Crippen LogP contribution in [0.1, 0.15) is 12.0 Å². The molecule has 470 valence electrons. The van der Waals surface area contributed by atoms with Crippen LogP contribution in [0, 0.1) is 0 Å². The van der Waals surface area contributed by atoms with Gasteiger partial charge in [-0.15, -0.1) is 0 Å². The molecule has 0 saturated heterocycles. The van der Waals surface area contributed by atoms with Crippen molar-refractivity contribution >= 4 is 100 Å². The lowest BCUT2D eigenvalue weighted by molar-refractivity contribution is -0.146. The van der Waals surface area contributed by atoms with Gasteiger partial charge in [-0.25, -0.2) is 4.90 Å². The number of nitrogens with zero attached hydrogens (tertiary/aromatic N) is 16. The number of rotatable bonds is 32. The fourth-order valence-corrected chi connectivity index (χ4v) is 7.32. The number of primary amides is 1. The highest BCUT2D eigenvalue weighted by atomic mass is 16.2. The van der Waals surface area contributed by atoms with Crippen LogP contribution in [0.2, 0.25) is 0 Å². The number of nitrogens with one attached hydrogen (secondary N) is 1. The number of hydrogen-bond acceptors (Lipinski definition) is 17. The largest absolute Gasteiger partial charge is 0.368 e. The van der Waals surface area contributed by atoms with E-state index >= 15 is 0 Å². The van der Waals surface area contributed by atoms with Crippen LogP contribution in [0.5, 0.6) is 0 Å². The summed E-state index contributed by atoms with van der Waals surface area (Å²) in [4.78, 5) is 220. The predicted octanol–water partition coefficient (Wildman–Crippen LogP) is -6.17. The monoisotopic (exact) mass is 1210 g/mol. The van der Waals surface area contributed by atoms with Crippen molar-refractivity contribution in [3.05, 3.63) is 52.4 Å². The Morgan fingerprint density at radius 2 is 0.674 bits per heavy atom. The molecule has 3 N–H and O–H groups in total. The fourth-order valence-electron chi connectivity index (χ4n) is 7.32. The van der Waals surface area contributed by atoms with Gasteiger partial charge in [-0.2, -0.15) is 0 Å². The molecule has 1 atom stereocenters. The summed E-state index contributed by atoms with van der Waals surface area (Å²) < 4.78 is 0. The van der Waals surface area contributed by atoms with Gasteiger partial charge in [0, 0.05) is 108 Å². The number of carbonyl (C=O) groups is 16. The van der Waals surface area contributed by atoms with E-state index in [0.29, 0.717) is 11.3 Å². The predicted molar refractivity (Wildman–Crippen MR) is 303 cm³/mol. The summed E-state index contributed by atoms with van der Waals surface area (Å²) in [5.74, 6) is -10.3.